The topological polar surface area (TPSA) is 385 Å². The van der Waals surface area contributed by atoms with Crippen molar-refractivity contribution in [2.75, 3.05) is 39.3 Å². The van der Waals surface area contributed by atoms with Gasteiger partial charge in [-0.2, -0.15) is 5.26 Å². The first kappa shape index (κ1) is 91.3. The van der Waals surface area contributed by atoms with Crippen LogP contribution in [0.1, 0.15) is 166 Å². The van der Waals surface area contributed by atoms with Gasteiger partial charge in [0.05, 0.1) is 12.0 Å². The van der Waals surface area contributed by atoms with Crippen LogP contribution in [0.5, 0.6) is 0 Å². The minimum Gasteiger partial charge on any atom is -0.481 e. The minimum atomic E-state index is -1.04. The lowest BCUT2D eigenvalue weighted by atomic mass is 10.0. The van der Waals surface area contributed by atoms with E-state index in [4.69, 9.17) is 56.4 Å². The van der Waals surface area contributed by atoms with Gasteiger partial charge in [-0.15, -0.1) is 0 Å². The fraction of sp³-hybridized carbons (Fsp3) is 0.494. The summed E-state index contributed by atoms with van der Waals surface area (Å²) in [5, 5.41) is 39.0. The van der Waals surface area contributed by atoms with E-state index in [1.54, 1.807) is 13.8 Å². The fourth-order valence-electron chi connectivity index (χ4n) is 8.15. The number of rotatable bonds is 38. The van der Waals surface area contributed by atoms with Crippen molar-refractivity contribution in [2.24, 2.45) is 46.8 Å². The van der Waals surface area contributed by atoms with Crippen molar-refractivity contribution in [2.45, 2.75) is 177 Å². The quantitative estimate of drug-likeness (QED) is 0.0130. The third-order valence-electron chi connectivity index (χ3n) is 15.2. The highest BCUT2D eigenvalue weighted by molar-refractivity contribution is 5.76. The first-order valence-corrected chi connectivity index (χ1v) is 34.9. The number of carbonyl (C=O) groups excluding carboxylic acids is 6. The van der Waals surface area contributed by atoms with E-state index in [-0.39, 0.29) is 56.2 Å². The molecule has 24 nitrogen and oxygen atoms in total. The molecule has 0 radical (unpaired) electrons. The molecule has 5 rings (SSSR count). The van der Waals surface area contributed by atoms with Crippen molar-refractivity contribution in [3.8, 4) is 6.07 Å². The molecule has 5 aromatic rings. The molecule has 6 unspecified atom stereocenters. The Bertz CT molecular complexity index is 2800. The number of amides is 6. The van der Waals surface area contributed by atoms with E-state index < -0.39 is 42.4 Å². The molecule has 0 bridgehead atoms. The summed E-state index contributed by atoms with van der Waals surface area (Å²) >= 11 is 0. The number of primary amides is 1. The maximum Gasteiger partial charge on any atom is 0.407 e. The zero-order chi connectivity index (χ0) is 75.1. The van der Waals surface area contributed by atoms with Gasteiger partial charge in [0.25, 0.3) is 0 Å². The molecule has 6 atom stereocenters. The number of nitriles is 1. The number of hydrogen-bond acceptors (Lipinski definition) is 16. The normalized spacial score (nSPS) is 11.8. The van der Waals surface area contributed by atoms with E-state index in [0.717, 1.165) is 71.9 Å². The molecular weight excluding hydrogens is 1290 g/mol. The third kappa shape index (κ3) is 55.8. The standard InChI is InChI=1S/C15H23NO2.C14H20N2O3.C14H18N2O2.C14H19NO4.C13H18N2O4.C7H17N/c1-3-13(2)8-7-11-16-15(17)18-12-14-9-5-4-6-10-14;1-11(13(15)17)6-5-9-16-14(18)19-10-12-7-3-2-4-8-12;1-12(10-15)6-5-9-16-14(17)18-11-13-7-3-2-4-8-13;1-11(13(16)17)6-5-9-15-14(18)19-10-12-7-3-2-4-8-12;14-11(12(16)17)7-4-8-15-13(18)19-9-10-5-2-1-3-6-10;1-3-7(2)5-4-6-8/h4-6,9-10,13H,3,7-8,11-12H2,1-2H3,(H,16,17);2-4,7-8,11H,5-6,9-10H2,1H3,(H2,15,17)(H,16,18);2-4,7-8,12H,5-6,9,11H2,1H3,(H,16,17);2-4,7-8,11H,5-6,9-10H2,1H3,(H,15,18)(H,16,17);1-3,5-6,11H,4,7-9,14H2,(H,15,18)(H,16,17);7H,3-6,8H2,1-2H3. The van der Waals surface area contributed by atoms with Crippen molar-refractivity contribution in [3.05, 3.63) is 179 Å². The molecule has 5 aromatic carbocycles. The van der Waals surface area contributed by atoms with Crippen LogP contribution in [-0.4, -0.2) is 104 Å². The zero-order valence-electron chi connectivity index (χ0n) is 60.5. The molecule has 0 fully saturated rings. The number of nitrogens with one attached hydrogen (secondary N) is 5. The Hall–Kier alpha value is -9.73. The van der Waals surface area contributed by atoms with Crippen molar-refractivity contribution >= 4 is 48.3 Å². The predicted octanol–water partition coefficient (Wildman–Crippen LogP) is 13.7. The van der Waals surface area contributed by atoms with Gasteiger partial charge in [0.15, 0.2) is 0 Å². The second-order valence-electron chi connectivity index (χ2n) is 24.1. The first-order chi connectivity index (χ1) is 48.5. The Morgan fingerprint density at radius 2 is 0.653 bits per heavy atom. The molecule has 101 heavy (non-hydrogen) atoms. The van der Waals surface area contributed by atoms with Crippen LogP contribution < -0.4 is 43.8 Å². The van der Waals surface area contributed by atoms with Gasteiger partial charge in [-0.3, -0.25) is 14.4 Å². The molecule has 6 amide bonds. The minimum absolute atomic E-state index is 0.0344. The van der Waals surface area contributed by atoms with Crippen LogP contribution in [-0.2, 0) is 71.1 Å². The van der Waals surface area contributed by atoms with E-state index in [1.165, 1.54) is 25.7 Å². The van der Waals surface area contributed by atoms with Gasteiger partial charge in [-0.25, -0.2) is 24.0 Å². The lowest BCUT2D eigenvalue weighted by Crippen LogP contribution is -2.32. The Labute approximate surface area is 598 Å². The third-order valence-corrected chi connectivity index (χ3v) is 15.2. The van der Waals surface area contributed by atoms with Crippen LogP contribution in [0, 0.1) is 40.9 Å². The zero-order valence-corrected chi connectivity index (χ0v) is 60.5. The molecule has 558 valence electrons. The Morgan fingerprint density at radius 1 is 0.396 bits per heavy atom. The van der Waals surface area contributed by atoms with Crippen molar-refractivity contribution in [3.63, 3.8) is 0 Å². The average Bonchev–Trinajstić information content (AvgIpc) is 1.56. The highest BCUT2D eigenvalue weighted by atomic mass is 16.6. The summed E-state index contributed by atoms with van der Waals surface area (Å²) in [7, 11) is 0. The Balaban J connectivity index is 0.00000120. The highest BCUT2D eigenvalue weighted by Crippen LogP contribution is 2.11. The summed E-state index contributed by atoms with van der Waals surface area (Å²) in [5.74, 6) is -1.08. The first-order valence-electron chi connectivity index (χ1n) is 34.9. The molecule has 0 aliphatic rings. The van der Waals surface area contributed by atoms with Gasteiger partial charge in [0.2, 0.25) is 5.91 Å². The number of ether oxygens (including phenoxy) is 5. The van der Waals surface area contributed by atoms with Gasteiger partial charge in [-0.05, 0) is 130 Å². The SMILES string of the molecule is CC(C#N)CCCNC(=O)OCc1ccccc1.CC(CCCNC(=O)OCc1ccccc1)C(=O)O.CC(CCCNC(=O)OCc1ccccc1)C(N)=O.CCC(C)CCCN.CCC(C)CCCNC(=O)OCc1ccccc1.NC(CCCNC(=O)OCc1ccccc1)C(=O)O. The van der Waals surface area contributed by atoms with Crippen LogP contribution in [0.3, 0.4) is 0 Å². The molecule has 0 saturated heterocycles. The average molecular weight is 1410 g/mol. The number of benzene rings is 5. The molecule has 0 aliphatic carbocycles. The molecular formula is C77H115N9O15. The molecule has 0 saturated carbocycles. The number of nitrogens with zero attached hydrogens (tertiary/aromatic N) is 1. The van der Waals surface area contributed by atoms with Crippen molar-refractivity contribution < 1.29 is 72.3 Å². The van der Waals surface area contributed by atoms with Gasteiger partial charge in [-0.1, -0.05) is 206 Å². The number of carbonyl (C=O) groups is 8. The van der Waals surface area contributed by atoms with E-state index in [9.17, 15) is 38.4 Å². The van der Waals surface area contributed by atoms with E-state index in [0.29, 0.717) is 77.9 Å². The Kier molecular flexibility index (Phi) is 55.5. The molecule has 24 heteroatoms. The lowest BCUT2D eigenvalue weighted by molar-refractivity contribution is -0.141. The number of alkyl carbamates (subject to hydrolysis) is 5. The van der Waals surface area contributed by atoms with Gasteiger partial charge in [0.1, 0.15) is 39.1 Å². The van der Waals surface area contributed by atoms with Crippen LogP contribution in [0.4, 0.5) is 24.0 Å². The molecule has 0 spiro atoms. The van der Waals surface area contributed by atoms with Gasteiger partial charge >= 0.3 is 42.4 Å². The van der Waals surface area contributed by atoms with Crippen LogP contribution in [0.15, 0.2) is 152 Å². The maximum absolute atomic E-state index is 11.4. The Morgan fingerprint density at radius 3 is 0.901 bits per heavy atom. The summed E-state index contributed by atoms with van der Waals surface area (Å²) in [6.07, 6.45) is 9.83. The van der Waals surface area contributed by atoms with Gasteiger partial charge < -0.3 is 77.7 Å². The van der Waals surface area contributed by atoms with Crippen LogP contribution in [0.25, 0.3) is 0 Å². The monoisotopic (exact) mass is 1410 g/mol. The summed E-state index contributed by atoms with van der Waals surface area (Å²) in [5.41, 5.74) is 20.5. The highest BCUT2D eigenvalue weighted by Gasteiger charge is 2.13. The molecule has 0 heterocycles. The largest absolute Gasteiger partial charge is 0.481 e. The lowest BCUT2D eigenvalue weighted by Gasteiger charge is -2.09. The number of hydrogen-bond donors (Lipinski definition) is 10. The number of carboxylic acids is 2. The van der Waals surface area contributed by atoms with Crippen molar-refractivity contribution in [1.29, 1.82) is 5.26 Å². The number of nitrogens with two attached hydrogens (primary N) is 3. The smallest absolute Gasteiger partial charge is 0.407 e. The number of carboxylic acid groups (broad SMARTS) is 2. The second kappa shape index (κ2) is 61.4. The van der Waals surface area contributed by atoms with Crippen molar-refractivity contribution in [1.82, 2.24) is 26.6 Å². The molecule has 13 N–H and O–H groups in total. The summed E-state index contributed by atoms with van der Waals surface area (Å²) < 4.78 is 25.2. The van der Waals surface area contributed by atoms with E-state index in [1.807, 2.05) is 159 Å². The molecule has 0 aliphatic heterocycles. The van der Waals surface area contributed by atoms with E-state index >= 15 is 0 Å². The predicted molar refractivity (Wildman–Crippen MR) is 392 cm³/mol. The maximum atomic E-state index is 11.4. The summed E-state index contributed by atoms with van der Waals surface area (Å²) in [4.78, 5) is 88.6. The van der Waals surface area contributed by atoms with Crippen LogP contribution >= 0.6 is 0 Å². The summed E-state index contributed by atoms with van der Waals surface area (Å²) in [6, 6.07) is 48.7. The fourth-order valence-corrected chi connectivity index (χ4v) is 8.15. The van der Waals surface area contributed by atoms with E-state index in [2.05, 4.69) is 60.3 Å². The number of aliphatic carboxylic acids is 2. The summed E-state index contributed by atoms with van der Waals surface area (Å²) in [6.45, 7) is 18.8. The molecule has 0 aromatic heterocycles. The second-order valence-corrected chi connectivity index (χ2v) is 24.1. The van der Waals surface area contributed by atoms with Gasteiger partial charge in [0, 0.05) is 44.6 Å². The van der Waals surface area contributed by atoms with Crippen LogP contribution in [0.2, 0.25) is 0 Å².